The first-order valence-corrected chi connectivity index (χ1v) is 3.98. The van der Waals surface area contributed by atoms with Crippen molar-refractivity contribution in [1.29, 1.82) is 5.26 Å². The van der Waals surface area contributed by atoms with E-state index < -0.39 is 35.2 Å². The van der Waals surface area contributed by atoms with Crippen molar-refractivity contribution >= 4 is 5.97 Å². The van der Waals surface area contributed by atoms with Gasteiger partial charge in [0.2, 0.25) is 0 Å². The molecule has 0 radical (unpaired) electrons. The summed E-state index contributed by atoms with van der Waals surface area (Å²) >= 11 is 0. The van der Waals surface area contributed by atoms with Crippen LogP contribution in [-0.4, -0.2) is 18.1 Å². The second-order valence-electron chi connectivity index (χ2n) is 2.66. The fraction of sp³-hybridized carbons (Fsp3) is 0.222. The number of hydrogen-bond donors (Lipinski definition) is 0. The lowest BCUT2D eigenvalue weighted by Crippen LogP contribution is -2.09. The molecule has 4 nitrogen and oxygen atoms in total. The van der Waals surface area contributed by atoms with Crippen LogP contribution in [0.5, 0.6) is 0 Å². The Bertz CT molecular complexity index is 469. The molecule has 1 aromatic heterocycles. The topological polar surface area (TPSA) is 63.0 Å². The normalized spacial score (nSPS) is 10.0. The van der Waals surface area contributed by atoms with Gasteiger partial charge in [-0.3, -0.25) is 0 Å². The van der Waals surface area contributed by atoms with Crippen molar-refractivity contribution < 1.29 is 22.7 Å². The number of nitrogens with zero attached hydrogens (tertiary/aromatic N) is 2. The summed E-state index contributed by atoms with van der Waals surface area (Å²) in [5.74, 6) is -2.44. The lowest BCUT2D eigenvalue weighted by Gasteiger charge is -2.05. The van der Waals surface area contributed by atoms with E-state index in [1.165, 1.54) is 6.07 Å². The highest BCUT2D eigenvalue weighted by molar-refractivity contribution is 5.87. The molecule has 0 spiro atoms. The van der Waals surface area contributed by atoms with Crippen molar-refractivity contribution in [1.82, 2.24) is 4.98 Å². The van der Waals surface area contributed by atoms with Crippen molar-refractivity contribution in [3.8, 4) is 6.07 Å². The number of aromatic nitrogens is 1. The van der Waals surface area contributed by atoms with Gasteiger partial charge < -0.3 is 4.74 Å². The number of esters is 1. The largest absolute Gasteiger partial charge is 0.464 e. The maximum absolute atomic E-state index is 13.2. The van der Waals surface area contributed by atoms with Crippen LogP contribution in [0.15, 0.2) is 6.07 Å². The Morgan fingerprint density at radius 2 is 2.25 bits per heavy atom. The van der Waals surface area contributed by atoms with Crippen LogP contribution in [0.2, 0.25) is 0 Å². The molecule has 0 fully saturated rings. The number of carbonyl (C=O) groups is 1. The van der Waals surface area contributed by atoms with E-state index in [9.17, 15) is 18.0 Å². The molecule has 0 saturated heterocycles. The number of rotatable bonds is 2. The molecule has 0 saturated carbocycles. The maximum Gasteiger partial charge on any atom is 0.356 e. The Balaban J connectivity index is 3.41. The predicted octanol–water partition coefficient (Wildman–Crippen LogP) is 1.82. The third kappa shape index (κ3) is 2.11. The molecule has 0 unspecified atom stereocenters. The molecule has 84 valence electrons. The number of pyridine rings is 1. The highest BCUT2D eigenvalue weighted by atomic mass is 19.3. The summed E-state index contributed by atoms with van der Waals surface area (Å²) in [7, 11) is 1.02. The summed E-state index contributed by atoms with van der Waals surface area (Å²) < 4.78 is 42.1. The maximum atomic E-state index is 13.2. The van der Waals surface area contributed by atoms with Crippen LogP contribution < -0.4 is 0 Å². The summed E-state index contributed by atoms with van der Waals surface area (Å²) in [4.78, 5) is 14.3. The van der Waals surface area contributed by atoms with Crippen molar-refractivity contribution in [2.24, 2.45) is 0 Å². The summed E-state index contributed by atoms with van der Waals surface area (Å²) in [5, 5.41) is 8.45. The van der Waals surface area contributed by atoms with Crippen LogP contribution in [0.3, 0.4) is 0 Å². The lowest BCUT2D eigenvalue weighted by atomic mass is 10.2. The second kappa shape index (κ2) is 4.61. The number of ether oxygens (including phenoxy) is 1. The van der Waals surface area contributed by atoms with E-state index in [1.54, 1.807) is 0 Å². The second-order valence-corrected chi connectivity index (χ2v) is 2.66. The van der Waals surface area contributed by atoms with E-state index in [0.717, 1.165) is 7.11 Å². The quantitative estimate of drug-likeness (QED) is 0.727. The van der Waals surface area contributed by atoms with Crippen LogP contribution in [0.4, 0.5) is 13.2 Å². The molecule has 16 heavy (non-hydrogen) atoms. The Labute approximate surface area is 88.3 Å². The van der Waals surface area contributed by atoms with Gasteiger partial charge in [-0.2, -0.15) is 5.26 Å². The minimum absolute atomic E-state index is 0.532. The zero-order valence-electron chi connectivity index (χ0n) is 8.00. The molecular formula is C9H5F3N2O2. The minimum Gasteiger partial charge on any atom is -0.464 e. The number of hydrogen-bond acceptors (Lipinski definition) is 4. The van der Waals surface area contributed by atoms with E-state index in [1.807, 2.05) is 0 Å². The van der Waals surface area contributed by atoms with E-state index in [4.69, 9.17) is 5.26 Å². The van der Waals surface area contributed by atoms with Crippen LogP contribution in [0.1, 0.15) is 28.2 Å². The van der Waals surface area contributed by atoms with Gasteiger partial charge >= 0.3 is 5.97 Å². The molecule has 0 aromatic carbocycles. The van der Waals surface area contributed by atoms with Gasteiger partial charge in [0.05, 0.1) is 12.7 Å². The highest BCUT2D eigenvalue weighted by Gasteiger charge is 2.22. The summed E-state index contributed by atoms with van der Waals surface area (Å²) in [6.07, 6.45) is -3.14. The SMILES string of the molecule is COC(=O)c1cc(C(F)F)c(F)c(C#N)n1. The monoisotopic (exact) mass is 230 g/mol. The zero-order chi connectivity index (χ0) is 12.3. The van der Waals surface area contributed by atoms with Crippen molar-refractivity contribution in [3.63, 3.8) is 0 Å². The fourth-order valence-electron chi connectivity index (χ4n) is 0.991. The summed E-state index contributed by atoms with van der Waals surface area (Å²) in [5.41, 5.74) is -2.44. The van der Waals surface area contributed by atoms with Gasteiger partial charge in [-0.1, -0.05) is 0 Å². The van der Waals surface area contributed by atoms with Crippen LogP contribution in [0, 0.1) is 17.1 Å². The Morgan fingerprint density at radius 3 is 2.69 bits per heavy atom. The molecule has 0 aliphatic heterocycles. The van der Waals surface area contributed by atoms with E-state index in [-0.39, 0.29) is 0 Å². The average molecular weight is 230 g/mol. The third-order valence-electron chi connectivity index (χ3n) is 1.72. The van der Waals surface area contributed by atoms with E-state index in [0.29, 0.717) is 6.07 Å². The van der Waals surface area contributed by atoms with Gasteiger partial charge in [0.25, 0.3) is 6.43 Å². The molecule has 1 rings (SSSR count). The standard InChI is InChI=1S/C9H5F3N2O2/c1-16-9(15)5-2-4(8(11)12)7(10)6(3-13)14-5/h2,8H,1H3. The zero-order valence-corrected chi connectivity index (χ0v) is 8.00. The van der Waals surface area contributed by atoms with E-state index >= 15 is 0 Å². The molecule has 7 heteroatoms. The molecule has 0 amide bonds. The van der Waals surface area contributed by atoms with E-state index in [2.05, 4.69) is 9.72 Å². The van der Waals surface area contributed by atoms with Crippen LogP contribution in [-0.2, 0) is 4.74 Å². The van der Waals surface area contributed by atoms with Crippen LogP contribution >= 0.6 is 0 Å². The molecule has 0 bridgehead atoms. The lowest BCUT2D eigenvalue weighted by molar-refractivity contribution is 0.0593. The summed E-state index contributed by atoms with van der Waals surface area (Å²) in [6.45, 7) is 0. The molecule has 0 aliphatic carbocycles. The highest BCUT2D eigenvalue weighted by Crippen LogP contribution is 2.24. The van der Waals surface area contributed by atoms with Gasteiger partial charge in [-0.25, -0.2) is 22.9 Å². The van der Waals surface area contributed by atoms with Crippen molar-refractivity contribution in [3.05, 3.63) is 28.8 Å². The predicted molar refractivity (Wildman–Crippen MR) is 45.2 cm³/mol. The number of methoxy groups -OCH3 is 1. The first-order valence-electron chi connectivity index (χ1n) is 3.98. The van der Waals surface area contributed by atoms with Gasteiger partial charge in [0.15, 0.2) is 17.2 Å². The van der Waals surface area contributed by atoms with Crippen molar-refractivity contribution in [2.45, 2.75) is 6.43 Å². The smallest absolute Gasteiger partial charge is 0.356 e. The number of nitriles is 1. The first kappa shape index (κ1) is 12.0. The Morgan fingerprint density at radius 1 is 1.62 bits per heavy atom. The van der Waals surface area contributed by atoms with Gasteiger partial charge in [-0.05, 0) is 6.07 Å². The number of halogens is 3. The van der Waals surface area contributed by atoms with Gasteiger partial charge in [0.1, 0.15) is 6.07 Å². The molecule has 0 N–H and O–H groups in total. The van der Waals surface area contributed by atoms with Crippen molar-refractivity contribution in [2.75, 3.05) is 7.11 Å². The average Bonchev–Trinajstić information content (AvgIpc) is 2.27. The number of carbonyl (C=O) groups excluding carboxylic acids is 1. The molecule has 1 aromatic rings. The summed E-state index contributed by atoms with van der Waals surface area (Å²) in [6, 6.07) is 1.84. The van der Waals surface area contributed by atoms with Gasteiger partial charge in [0, 0.05) is 0 Å². The molecular weight excluding hydrogens is 225 g/mol. The molecule has 1 heterocycles. The third-order valence-corrected chi connectivity index (χ3v) is 1.72. The van der Waals surface area contributed by atoms with Gasteiger partial charge in [-0.15, -0.1) is 0 Å². The first-order chi connectivity index (χ1) is 7.51. The van der Waals surface area contributed by atoms with Crippen LogP contribution in [0.25, 0.3) is 0 Å². The Hall–Kier alpha value is -2.10. The Kier molecular flexibility index (Phi) is 3.45. The number of alkyl halides is 2. The molecule has 0 aliphatic rings. The molecule has 0 atom stereocenters. The fourth-order valence-corrected chi connectivity index (χ4v) is 0.991. The minimum atomic E-state index is -3.14.